The predicted octanol–water partition coefficient (Wildman–Crippen LogP) is 3.38. The minimum atomic E-state index is -1.59. The van der Waals surface area contributed by atoms with E-state index in [0.29, 0.717) is 24.0 Å². The molecule has 5 N–H and O–H groups in total. The highest BCUT2D eigenvalue weighted by Gasteiger charge is 2.68. The van der Waals surface area contributed by atoms with Gasteiger partial charge in [0.1, 0.15) is 17.6 Å². The topological polar surface area (TPSA) is 123 Å². The molecule has 3 aliphatic rings. The van der Waals surface area contributed by atoms with Crippen molar-refractivity contribution in [2.75, 3.05) is 0 Å². The Balaban J connectivity index is 1.63. The summed E-state index contributed by atoms with van der Waals surface area (Å²) in [5.41, 5.74) is 1.65. The number of H-pyrrole nitrogens is 1. The maximum atomic E-state index is 14.2. The average Bonchev–Trinajstić information content (AvgIpc) is 3.45. The molecule has 2 aromatic rings. The van der Waals surface area contributed by atoms with E-state index in [9.17, 15) is 24.9 Å². The molecular weight excluding hydrogens is 492 g/mol. The van der Waals surface area contributed by atoms with Crippen molar-refractivity contribution in [1.29, 1.82) is 0 Å². The van der Waals surface area contributed by atoms with Crippen molar-refractivity contribution in [2.45, 2.75) is 58.0 Å². The molecule has 2 heterocycles. The molecule has 5 rings (SSSR count). The molecule has 1 aliphatic heterocycles. The molecule has 1 spiro atoms. The number of nitrogens with one attached hydrogen (secondary N) is 2. The van der Waals surface area contributed by atoms with Gasteiger partial charge in [0.15, 0.2) is 5.78 Å². The third-order valence-corrected chi connectivity index (χ3v) is 9.18. The summed E-state index contributed by atoms with van der Waals surface area (Å²) in [4.78, 5) is 31.5. The summed E-state index contributed by atoms with van der Waals surface area (Å²) in [5.74, 6) is -2.51. The molecule has 7 nitrogen and oxygen atoms in total. The van der Waals surface area contributed by atoms with Crippen LogP contribution in [0.5, 0.6) is 0 Å². The summed E-state index contributed by atoms with van der Waals surface area (Å²) in [5, 5.41) is 36.9. The monoisotopic (exact) mass is 530 g/mol. The van der Waals surface area contributed by atoms with Crippen molar-refractivity contribution in [2.24, 2.45) is 29.1 Å². The second-order valence-corrected chi connectivity index (χ2v) is 11.6. The van der Waals surface area contributed by atoms with Gasteiger partial charge in [-0.15, -0.1) is 0 Å². The van der Waals surface area contributed by atoms with Crippen LogP contribution in [0.2, 0.25) is 0 Å². The molecular formula is C32H38N2O5. The Bertz CT molecular complexity index is 1390. The van der Waals surface area contributed by atoms with Crippen LogP contribution in [0.25, 0.3) is 10.9 Å². The number of allylic oxidation sites excluding steroid dienone is 3. The van der Waals surface area contributed by atoms with Crippen LogP contribution in [0.4, 0.5) is 0 Å². The maximum Gasteiger partial charge on any atom is 0.235 e. The summed E-state index contributed by atoms with van der Waals surface area (Å²) < 4.78 is 0. The molecule has 1 saturated heterocycles. The zero-order valence-electron chi connectivity index (χ0n) is 22.7. The molecule has 0 unspecified atom stereocenters. The Kier molecular flexibility index (Phi) is 7.27. The van der Waals surface area contributed by atoms with Gasteiger partial charge < -0.3 is 25.6 Å². The van der Waals surface area contributed by atoms with Crippen LogP contribution in [0, 0.1) is 29.1 Å². The number of hydrogen-bond acceptors (Lipinski definition) is 5. The molecule has 1 aromatic heterocycles. The van der Waals surface area contributed by atoms with Gasteiger partial charge in [0.05, 0.1) is 6.10 Å². The van der Waals surface area contributed by atoms with Gasteiger partial charge in [-0.25, -0.2) is 0 Å². The van der Waals surface area contributed by atoms with Crippen LogP contribution in [0.15, 0.2) is 78.6 Å². The standard InChI is InChI=1S/C32H38N2O5/c1-17-8-7-10-23-30(38)20(4)19(3)28-25(15-21-16-33-24-11-6-5-9-22(21)24)34-31(39)32(23,28)27(36)13-12-26(35)29(37)18(2)14-17/h5-7,9-14,16-17,19,23,25-26,28-30,33,35,37-38H,4,8,15H2,1-3H3,(H,34,39)/b10-7+,13-12+,18-14+/t17-,19+,23-,25-,26-,28-,29+,30+,32+/m0/s1. The SMILES string of the molecule is C=C1[C@@H](C)[C@H]2[C@H](Cc3c[nH]c4ccccc34)NC(=O)[C@]23C(=O)/C=C/[C@H](O)[C@H](O)/C(C)=C/[C@@H](C)C/C=C/[C@H]3[C@@H]1O. The van der Waals surface area contributed by atoms with Gasteiger partial charge >= 0.3 is 0 Å². The van der Waals surface area contributed by atoms with Crippen LogP contribution in [-0.4, -0.2) is 56.3 Å². The van der Waals surface area contributed by atoms with E-state index in [-0.39, 0.29) is 17.9 Å². The van der Waals surface area contributed by atoms with Crippen LogP contribution < -0.4 is 5.32 Å². The number of amides is 1. The fraction of sp³-hybridized carbons (Fsp3) is 0.438. The molecule has 2 fully saturated rings. The number of carbonyl (C=O) groups is 2. The van der Waals surface area contributed by atoms with Crippen LogP contribution in [0.1, 0.15) is 32.8 Å². The van der Waals surface area contributed by atoms with Gasteiger partial charge in [0, 0.05) is 35.0 Å². The van der Waals surface area contributed by atoms with E-state index >= 15 is 0 Å². The lowest BCUT2D eigenvalue weighted by Crippen LogP contribution is -2.58. The van der Waals surface area contributed by atoms with Gasteiger partial charge in [-0.3, -0.25) is 9.59 Å². The Morgan fingerprint density at radius 3 is 2.59 bits per heavy atom. The van der Waals surface area contributed by atoms with Crippen LogP contribution in [-0.2, 0) is 16.0 Å². The average molecular weight is 531 g/mol. The molecule has 0 bridgehead atoms. The third kappa shape index (κ3) is 4.42. The highest BCUT2D eigenvalue weighted by atomic mass is 16.3. The van der Waals surface area contributed by atoms with Crippen molar-refractivity contribution in [3.05, 3.63) is 84.1 Å². The van der Waals surface area contributed by atoms with E-state index in [2.05, 4.69) is 16.9 Å². The smallest absolute Gasteiger partial charge is 0.235 e. The van der Waals surface area contributed by atoms with Crippen LogP contribution >= 0.6 is 0 Å². The van der Waals surface area contributed by atoms with Crippen molar-refractivity contribution >= 4 is 22.6 Å². The number of hydrogen-bond donors (Lipinski definition) is 5. The number of aromatic nitrogens is 1. The predicted molar refractivity (Wildman–Crippen MR) is 150 cm³/mol. The first kappa shape index (κ1) is 27.3. The molecule has 0 radical (unpaired) electrons. The van der Waals surface area contributed by atoms with Crippen molar-refractivity contribution in [1.82, 2.24) is 10.3 Å². The normalized spacial score (nSPS) is 40.4. The highest BCUT2D eigenvalue weighted by molar-refractivity contribution is 6.13. The fourth-order valence-corrected chi connectivity index (χ4v) is 7.11. The number of fused-ring (bicyclic) bond motifs is 1. The van der Waals surface area contributed by atoms with Crippen molar-refractivity contribution in [3.63, 3.8) is 0 Å². The van der Waals surface area contributed by atoms with Crippen molar-refractivity contribution < 1.29 is 24.9 Å². The first-order chi connectivity index (χ1) is 18.6. The minimum absolute atomic E-state index is 0.0326. The molecule has 1 aromatic carbocycles. The Hall–Kier alpha value is -3.26. The van der Waals surface area contributed by atoms with Gasteiger partial charge in [-0.05, 0) is 66.5 Å². The zero-order chi connectivity index (χ0) is 28.1. The molecule has 7 heteroatoms. The largest absolute Gasteiger partial charge is 0.388 e. The van der Waals surface area contributed by atoms with E-state index in [0.717, 1.165) is 16.5 Å². The fourth-order valence-electron chi connectivity index (χ4n) is 7.11. The second kappa shape index (κ2) is 10.4. The lowest BCUT2D eigenvalue weighted by atomic mass is 9.52. The van der Waals surface area contributed by atoms with Crippen molar-refractivity contribution in [3.8, 4) is 0 Å². The van der Waals surface area contributed by atoms with E-state index < -0.39 is 47.3 Å². The maximum absolute atomic E-state index is 14.2. The zero-order valence-corrected chi connectivity index (χ0v) is 22.7. The quantitative estimate of drug-likeness (QED) is 0.301. The Morgan fingerprint density at radius 2 is 1.82 bits per heavy atom. The number of ketones is 1. The molecule has 206 valence electrons. The number of rotatable bonds is 2. The highest BCUT2D eigenvalue weighted by Crippen LogP contribution is 2.56. The van der Waals surface area contributed by atoms with E-state index in [1.165, 1.54) is 12.2 Å². The van der Waals surface area contributed by atoms with E-state index in [1.807, 2.05) is 56.5 Å². The van der Waals surface area contributed by atoms with E-state index in [4.69, 9.17) is 0 Å². The molecule has 9 atom stereocenters. The molecule has 1 saturated carbocycles. The third-order valence-electron chi connectivity index (χ3n) is 9.18. The Morgan fingerprint density at radius 1 is 1.08 bits per heavy atom. The summed E-state index contributed by atoms with van der Waals surface area (Å²) in [6, 6.07) is 7.58. The lowest BCUT2D eigenvalue weighted by Gasteiger charge is -2.48. The summed E-state index contributed by atoms with van der Waals surface area (Å²) >= 11 is 0. The number of benzene rings is 1. The van der Waals surface area contributed by atoms with Gasteiger partial charge in [0.25, 0.3) is 0 Å². The van der Waals surface area contributed by atoms with Crippen LogP contribution in [0.3, 0.4) is 0 Å². The van der Waals surface area contributed by atoms with Gasteiger partial charge in [-0.2, -0.15) is 0 Å². The van der Waals surface area contributed by atoms with E-state index in [1.54, 1.807) is 13.0 Å². The number of carbonyl (C=O) groups excluding carboxylic acids is 2. The van der Waals surface area contributed by atoms with Gasteiger partial charge in [-0.1, -0.05) is 56.9 Å². The molecule has 1 amide bonds. The summed E-state index contributed by atoms with van der Waals surface area (Å²) in [6.07, 6.45) is 7.53. The molecule has 39 heavy (non-hydrogen) atoms. The van der Waals surface area contributed by atoms with Gasteiger partial charge in [0.2, 0.25) is 5.91 Å². The molecule has 2 aliphatic carbocycles. The second-order valence-electron chi connectivity index (χ2n) is 11.6. The lowest BCUT2D eigenvalue weighted by molar-refractivity contribution is -0.148. The minimum Gasteiger partial charge on any atom is -0.388 e. The number of aliphatic hydroxyl groups is 3. The first-order valence-corrected chi connectivity index (χ1v) is 13.7. The first-order valence-electron chi connectivity index (χ1n) is 13.7. The Labute approximate surface area is 229 Å². The number of para-hydroxylation sites is 1. The number of aliphatic hydroxyl groups excluding tert-OH is 3. The summed E-state index contributed by atoms with van der Waals surface area (Å²) in [6.45, 7) is 9.86. The summed E-state index contributed by atoms with van der Waals surface area (Å²) in [7, 11) is 0. The number of aromatic amines is 1.